The zero-order chi connectivity index (χ0) is 22.4. The monoisotopic (exact) mass is 433 g/mol. The van der Waals surface area contributed by atoms with Crippen molar-refractivity contribution < 1.29 is 19.4 Å². The summed E-state index contributed by atoms with van der Waals surface area (Å²) in [6.07, 6.45) is 12.0. The fraction of sp³-hybridized carbons (Fsp3) is 0.923. The van der Waals surface area contributed by atoms with Gasteiger partial charge in [0, 0.05) is 13.5 Å². The molecule has 9 atom stereocenters. The Bertz CT molecular complexity index is 695. The minimum atomic E-state index is -0.655. The molecule has 1 amide bonds. The van der Waals surface area contributed by atoms with Gasteiger partial charge in [0.05, 0.1) is 0 Å². The van der Waals surface area contributed by atoms with Crippen LogP contribution in [0.1, 0.15) is 91.4 Å². The molecule has 0 aromatic carbocycles. The Kier molecular flexibility index (Phi) is 6.35. The highest BCUT2D eigenvalue weighted by Gasteiger charge is 2.60. The van der Waals surface area contributed by atoms with E-state index in [1.54, 1.807) is 7.05 Å². The maximum absolute atomic E-state index is 11.7. The van der Waals surface area contributed by atoms with Gasteiger partial charge in [-0.2, -0.15) is 0 Å². The normalized spacial score (nSPS) is 45.0. The maximum Gasteiger partial charge on any atom is 0.407 e. The van der Waals surface area contributed by atoms with Gasteiger partial charge in [-0.25, -0.2) is 4.79 Å². The third-order valence-corrected chi connectivity index (χ3v) is 10.7. The summed E-state index contributed by atoms with van der Waals surface area (Å²) in [5.41, 5.74) is 0.779. The van der Waals surface area contributed by atoms with Gasteiger partial charge >= 0.3 is 12.1 Å². The van der Waals surface area contributed by atoms with E-state index < -0.39 is 5.97 Å². The highest BCUT2D eigenvalue weighted by Crippen LogP contribution is 2.68. The first-order chi connectivity index (χ1) is 14.7. The number of carboxylic acids is 1. The molecule has 4 aliphatic carbocycles. The average Bonchev–Trinajstić information content (AvgIpc) is 3.09. The number of ether oxygens (including phenoxy) is 1. The van der Waals surface area contributed by atoms with Crippen LogP contribution in [0.15, 0.2) is 0 Å². The molecular formula is C26H43NO4. The van der Waals surface area contributed by atoms with E-state index in [9.17, 15) is 9.59 Å². The first-order valence-corrected chi connectivity index (χ1v) is 12.8. The number of carbonyl (C=O) groups excluding carboxylic acids is 1. The topological polar surface area (TPSA) is 75.6 Å². The first kappa shape index (κ1) is 22.9. The van der Waals surface area contributed by atoms with E-state index >= 15 is 0 Å². The predicted molar refractivity (Wildman–Crippen MR) is 121 cm³/mol. The summed E-state index contributed by atoms with van der Waals surface area (Å²) < 4.78 is 5.64. The summed E-state index contributed by atoms with van der Waals surface area (Å²) >= 11 is 0. The number of rotatable bonds is 5. The number of aliphatic carboxylic acids is 1. The Morgan fingerprint density at radius 1 is 1.03 bits per heavy atom. The largest absolute Gasteiger partial charge is 0.481 e. The van der Waals surface area contributed by atoms with Gasteiger partial charge in [0.1, 0.15) is 6.10 Å². The quantitative estimate of drug-likeness (QED) is 0.568. The van der Waals surface area contributed by atoms with Crippen LogP contribution < -0.4 is 5.32 Å². The zero-order valence-electron chi connectivity index (χ0n) is 20.0. The van der Waals surface area contributed by atoms with Crippen LogP contribution in [0, 0.1) is 46.3 Å². The van der Waals surface area contributed by atoms with Gasteiger partial charge in [-0.3, -0.25) is 4.79 Å². The molecule has 0 bridgehead atoms. The number of carbonyl (C=O) groups is 2. The second-order valence-electron chi connectivity index (χ2n) is 11.8. The average molecular weight is 434 g/mol. The highest BCUT2D eigenvalue weighted by molar-refractivity contribution is 5.67. The van der Waals surface area contributed by atoms with Gasteiger partial charge in [-0.05, 0) is 111 Å². The van der Waals surface area contributed by atoms with Crippen molar-refractivity contribution in [3.63, 3.8) is 0 Å². The minimum absolute atomic E-state index is 0.0781. The summed E-state index contributed by atoms with van der Waals surface area (Å²) in [7, 11) is 1.64. The molecule has 0 aromatic rings. The lowest BCUT2D eigenvalue weighted by Crippen LogP contribution is -2.54. The Morgan fingerprint density at radius 3 is 2.45 bits per heavy atom. The number of hydrogen-bond donors (Lipinski definition) is 2. The highest BCUT2D eigenvalue weighted by atomic mass is 16.6. The third kappa shape index (κ3) is 3.99. The number of nitrogens with one attached hydrogen (secondary N) is 1. The van der Waals surface area contributed by atoms with Gasteiger partial charge < -0.3 is 15.2 Å². The van der Waals surface area contributed by atoms with Crippen LogP contribution in [0.2, 0.25) is 0 Å². The van der Waals surface area contributed by atoms with Crippen LogP contribution in [-0.4, -0.2) is 30.3 Å². The second-order valence-corrected chi connectivity index (χ2v) is 11.8. The van der Waals surface area contributed by atoms with E-state index in [1.807, 2.05) is 0 Å². The molecule has 8 unspecified atom stereocenters. The SMILES string of the molecule is CNC(=O)O[C@@H]1CCC2(C)C(CCC3C2CCC2(C)C(C(C)CCC(=O)O)CCC32)C1. The van der Waals surface area contributed by atoms with Gasteiger partial charge in [-0.1, -0.05) is 20.8 Å². The number of fused-ring (bicyclic) bond motifs is 5. The van der Waals surface area contributed by atoms with Crippen LogP contribution >= 0.6 is 0 Å². The second kappa shape index (κ2) is 8.59. The van der Waals surface area contributed by atoms with Crippen LogP contribution in [0.3, 0.4) is 0 Å². The molecule has 176 valence electrons. The fourth-order valence-corrected chi connectivity index (χ4v) is 9.06. The van der Waals surface area contributed by atoms with Crippen molar-refractivity contribution in [2.75, 3.05) is 7.05 Å². The molecule has 4 aliphatic rings. The number of amides is 1. The smallest absolute Gasteiger partial charge is 0.407 e. The molecule has 31 heavy (non-hydrogen) atoms. The molecule has 5 heteroatoms. The van der Waals surface area contributed by atoms with E-state index in [0.717, 1.165) is 37.0 Å². The number of alkyl carbamates (subject to hydrolysis) is 1. The number of hydrogen-bond acceptors (Lipinski definition) is 3. The molecule has 4 fully saturated rings. The molecule has 4 rings (SSSR count). The van der Waals surface area contributed by atoms with E-state index in [1.165, 1.54) is 44.9 Å². The molecule has 0 heterocycles. The molecule has 4 saturated carbocycles. The lowest BCUT2D eigenvalue weighted by Gasteiger charge is -2.61. The third-order valence-electron chi connectivity index (χ3n) is 10.7. The van der Waals surface area contributed by atoms with E-state index in [2.05, 4.69) is 26.1 Å². The summed E-state index contributed by atoms with van der Waals surface area (Å²) in [5.74, 6) is 3.64. The van der Waals surface area contributed by atoms with E-state index in [4.69, 9.17) is 9.84 Å². The van der Waals surface area contributed by atoms with E-state index in [-0.39, 0.29) is 12.2 Å². The van der Waals surface area contributed by atoms with Crippen molar-refractivity contribution in [1.29, 1.82) is 0 Å². The Balaban J connectivity index is 1.45. The standard InChI is InChI=1S/C26H43NO4/c1-16(5-10-23(28)29)20-8-9-21-19-7-6-17-15-18(31-24(30)27-4)11-13-25(17,2)22(19)12-14-26(20,21)3/h16-22H,5-15H2,1-4H3,(H,27,30)(H,28,29)/t16?,17?,18-,19?,20?,21?,22?,25?,26?/m1/s1. The molecule has 0 aromatic heterocycles. The summed E-state index contributed by atoms with van der Waals surface area (Å²) in [6, 6.07) is 0. The van der Waals surface area contributed by atoms with Gasteiger partial charge in [-0.15, -0.1) is 0 Å². The van der Waals surface area contributed by atoms with Crippen molar-refractivity contribution in [2.45, 2.75) is 97.5 Å². The molecule has 2 N–H and O–H groups in total. The zero-order valence-corrected chi connectivity index (χ0v) is 20.0. The van der Waals surface area contributed by atoms with Gasteiger partial charge in [0.2, 0.25) is 0 Å². The lowest BCUT2D eigenvalue weighted by molar-refractivity contribution is -0.138. The molecule has 0 spiro atoms. The molecular weight excluding hydrogens is 390 g/mol. The van der Waals surface area contributed by atoms with Crippen molar-refractivity contribution >= 4 is 12.1 Å². The summed E-state index contributed by atoms with van der Waals surface area (Å²) in [6.45, 7) is 7.40. The van der Waals surface area contributed by atoms with Crippen LogP contribution in [0.25, 0.3) is 0 Å². The van der Waals surface area contributed by atoms with Gasteiger partial charge in [0.15, 0.2) is 0 Å². The van der Waals surface area contributed by atoms with Crippen LogP contribution in [0.4, 0.5) is 4.79 Å². The predicted octanol–water partition coefficient (Wildman–Crippen LogP) is 5.87. The number of carboxylic acid groups (broad SMARTS) is 1. The molecule has 5 nitrogen and oxygen atoms in total. The van der Waals surface area contributed by atoms with Crippen molar-refractivity contribution in [3.05, 3.63) is 0 Å². The van der Waals surface area contributed by atoms with Crippen molar-refractivity contribution in [3.8, 4) is 0 Å². The molecule has 0 saturated heterocycles. The molecule has 0 radical (unpaired) electrons. The first-order valence-electron chi connectivity index (χ1n) is 12.8. The van der Waals surface area contributed by atoms with Crippen molar-refractivity contribution in [2.24, 2.45) is 46.3 Å². The minimum Gasteiger partial charge on any atom is -0.481 e. The fourth-order valence-electron chi connectivity index (χ4n) is 9.06. The summed E-state index contributed by atoms with van der Waals surface area (Å²) in [5, 5.41) is 11.7. The summed E-state index contributed by atoms with van der Waals surface area (Å²) in [4.78, 5) is 22.8. The van der Waals surface area contributed by atoms with Gasteiger partial charge in [0.25, 0.3) is 0 Å². The van der Waals surface area contributed by atoms with Crippen molar-refractivity contribution in [1.82, 2.24) is 5.32 Å². The van der Waals surface area contributed by atoms with Crippen LogP contribution in [0.5, 0.6) is 0 Å². The Morgan fingerprint density at radius 2 is 1.74 bits per heavy atom. The molecule has 0 aliphatic heterocycles. The van der Waals surface area contributed by atoms with Crippen LogP contribution in [-0.2, 0) is 9.53 Å². The Hall–Kier alpha value is -1.26. The maximum atomic E-state index is 11.7. The Labute approximate surface area is 188 Å². The lowest BCUT2D eigenvalue weighted by atomic mass is 9.44. The van der Waals surface area contributed by atoms with E-state index in [0.29, 0.717) is 35.0 Å².